The molecule has 0 bridgehead atoms. The van der Waals surface area contributed by atoms with E-state index in [1.54, 1.807) is 26.4 Å². The molecule has 11 heteroatoms. The third-order valence-electron chi connectivity index (χ3n) is 14.1. The minimum absolute atomic E-state index is 0.0376. The first-order chi connectivity index (χ1) is 23.1. The van der Waals surface area contributed by atoms with E-state index >= 15 is 0 Å². The van der Waals surface area contributed by atoms with Gasteiger partial charge in [-0.05, 0) is 69.0 Å². The van der Waals surface area contributed by atoms with Gasteiger partial charge in [0.05, 0.1) is 60.3 Å². The molecular weight excluding hydrogens is 612 g/mol. The molecule has 2 spiro atoms. The summed E-state index contributed by atoms with van der Waals surface area (Å²) in [5, 5.41) is 24.9. The zero-order valence-corrected chi connectivity index (χ0v) is 27.9. The van der Waals surface area contributed by atoms with Crippen LogP contribution < -0.4 is 19.3 Å². The van der Waals surface area contributed by atoms with E-state index in [1.807, 2.05) is 13.1 Å². The van der Waals surface area contributed by atoms with Crippen LogP contribution in [0.25, 0.3) is 0 Å². The van der Waals surface area contributed by atoms with E-state index < -0.39 is 33.7 Å². The van der Waals surface area contributed by atoms with E-state index in [-0.39, 0.29) is 30.1 Å². The Morgan fingerprint density at radius 3 is 2.56 bits per heavy atom. The molecule has 1 unspecified atom stereocenters. The largest absolute Gasteiger partial charge is 0.506 e. The van der Waals surface area contributed by atoms with Crippen LogP contribution in [-0.2, 0) is 25.2 Å². The van der Waals surface area contributed by atoms with Crippen molar-refractivity contribution >= 4 is 23.3 Å². The van der Waals surface area contributed by atoms with Crippen LogP contribution in [-0.4, -0.2) is 103 Å². The number of likely N-dealkylation sites (tertiary alicyclic amines) is 1. The topological polar surface area (TPSA) is 115 Å². The summed E-state index contributed by atoms with van der Waals surface area (Å²) in [6, 6.07) is 7.02. The smallest absolute Gasteiger partial charge is 0.308 e. The van der Waals surface area contributed by atoms with Crippen LogP contribution in [0, 0.1) is 5.41 Å². The number of hydrogen-bond donors (Lipinski definition) is 2. The monoisotopic (exact) mass is 654 g/mol. The molecule has 11 nitrogen and oxygen atoms in total. The zero-order valence-electron chi connectivity index (χ0n) is 27.9. The molecule has 0 radical (unpaired) electrons. The number of amides is 1. The summed E-state index contributed by atoms with van der Waals surface area (Å²) in [5.74, 6) is 0.642. The van der Waals surface area contributed by atoms with Crippen molar-refractivity contribution in [2.75, 3.05) is 57.7 Å². The van der Waals surface area contributed by atoms with Gasteiger partial charge in [0.25, 0.3) is 0 Å². The van der Waals surface area contributed by atoms with Crippen molar-refractivity contribution in [2.45, 2.75) is 79.3 Å². The van der Waals surface area contributed by atoms with Crippen molar-refractivity contribution < 1.29 is 34.0 Å². The van der Waals surface area contributed by atoms with Crippen molar-refractivity contribution in [1.29, 1.82) is 0 Å². The summed E-state index contributed by atoms with van der Waals surface area (Å²) in [5.41, 5.74) is -1.08. The van der Waals surface area contributed by atoms with E-state index in [4.69, 9.17) is 14.2 Å². The van der Waals surface area contributed by atoms with Gasteiger partial charge in [0.15, 0.2) is 22.9 Å². The summed E-state index contributed by atoms with van der Waals surface area (Å²) < 4.78 is 19.4. The molecular formula is C37H42N4O7. The van der Waals surface area contributed by atoms with Gasteiger partial charge in [0.1, 0.15) is 5.75 Å². The Bertz CT molecular complexity index is 1880. The first-order valence-corrected chi connectivity index (χ1v) is 17.3. The van der Waals surface area contributed by atoms with Crippen LogP contribution in [0.1, 0.15) is 61.6 Å². The van der Waals surface area contributed by atoms with E-state index in [0.29, 0.717) is 48.6 Å². The number of phenolic OH excluding ortho intramolecular Hbond substituents is 1. The number of aliphatic hydroxyl groups is 1. The fourth-order valence-corrected chi connectivity index (χ4v) is 12.6. The van der Waals surface area contributed by atoms with Crippen LogP contribution >= 0.6 is 0 Å². The first-order valence-electron chi connectivity index (χ1n) is 17.3. The maximum Gasteiger partial charge on any atom is 0.308 e. The second-order valence-corrected chi connectivity index (χ2v) is 15.4. The highest BCUT2D eigenvalue weighted by molar-refractivity contribution is 6.02. The third kappa shape index (κ3) is 2.69. The molecule has 2 N–H and O–H groups in total. The highest BCUT2D eigenvalue weighted by Gasteiger charge is 2.81. The summed E-state index contributed by atoms with van der Waals surface area (Å²) in [6.45, 7) is 2.31. The quantitative estimate of drug-likeness (QED) is 0.378. The van der Waals surface area contributed by atoms with Gasteiger partial charge in [-0.1, -0.05) is 24.3 Å². The highest BCUT2D eigenvalue weighted by atomic mass is 16.6. The van der Waals surface area contributed by atoms with Crippen LogP contribution in [0.2, 0.25) is 0 Å². The minimum Gasteiger partial charge on any atom is -0.506 e. The lowest BCUT2D eigenvalue weighted by Crippen LogP contribution is -2.75. The number of rotatable bonds is 3. The van der Waals surface area contributed by atoms with Crippen LogP contribution in [0.4, 0.5) is 11.4 Å². The average molecular weight is 655 g/mol. The van der Waals surface area contributed by atoms with Gasteiger partial charge in [0, 0.05) is 32.1 Å². The number of nitrogens with zero attached hydrogens (tertiary/aromatic N) is 4. The maximum atomic E-state index is 13.9. The lowest BCUT2D eigenvalue weighted by Gasteiger charge is -2.59. The fourth-order valence-electron chi connectivity index (χ4n) is 12.6. The third-order valence-corrected chi connectivity index (χ3v) is 14.1. The van der Waals surface area contributed by atoms with Crippen molar-refractivity contribution in [3.05, 3.63) is 53.1 Å². The van der Waals surface area contributed by atoms with Crippen LogP contribution in [0.5, 0.6) is 17.2 Å². The van der Waals surface area contributed by atoms with E-state index in [2.05, 4.69) is 40.0 Å². The molecule has 0 saturated carbocycles. The number of hydrogen-bond acceptors (Lipinski definition) is 10. The number of aromatic hydroxyl groups is 1. The fraction of sp³-hybridized carbons (Fsp3) is 0.568. The molecule has 252 valence electrons. The molecule has 7 heterocycles. The number of piperidine rings is 3. The predicted octanol–water partition coefficient (Wildman–Crippen LogP) is 2.98. The number of carbonyl (C=O) groups excluding carboxylic acids is 2. The van der Waals surface area contributed by atoms with Crippen molar-refractivity contribution in [1.82, 2.24) is 9.80 Å². The Hall–Kier alpha value is -3.80. The summed E-state index contributed by atoms with van der Waals surface area (Å²) in [4.78, 5) is 35.7. The Morgan fingerprint density at radius 1 is 0.958 bits per heavy atom. The van der Waals surface area contributed by atoms with Crippen molar-refractivity contribution in [3.8, 4) is 17.2 Å². The van der Waals surface area contributed by atoms with Gasteiger partial charge in [-0.15, -0.1) is 0 Å². The van der Waals surface area contributed by atoms with Gasteiger partial charge >= 0.3 is 5.97 Å². The van der Waals surface area contributed by atoms with Crippen LogP contribution in [0.15, 0.2) is 36.4 Å². The number of esters is 1. The molecule has 1 aliphatic carbocycles. The molecule has 8 aliphatic rings. The number of fused-ring (bicyclic) bond motifs is 4. The van der Waals surface area contributed by atoms with Gasteiger partial charge in [-0.3, -0.25) is 24.3 Å². The first kappa shape index (κ1) is 29.1. The molecule has 1 amide bonds. The van der Waals surface area contributed by atoms with Gasteiger partial charge in [-0.25, -0.2) is 0 Å². The Morgan fingerprint density at radius 2 is 1.77 bits per heavy atom. The van der Waals surface area contributed by atoms with Gasteiger partial charge in [-0.2, -0.15) is 0 Å². The molecule has 7 atom stereocenters. The lowest BCUT2D eigenvalue weighted by molar-refractivity contribution is -0.207. The Kier molecular flexibility index (Phi) is 5.38. The van der Waals surface area contributed by atoms with E-state index in [0.717, 1.165) is 49.2 Å². The molecule has 7 aliphatic heterocycles. The molecule has 5 fully saturated rings. The normalized spacial score (nSPS) is 40.2. The standard InChI is InChI=1S/C37H42N4O7/c1-38-17-14-34(21-7-5-8-24(42)29(21)41-27(43)10-9-26(38)36(34,41)45)23-19-22-30(32(47-4)31(23)46-3)39(2)25-11-13-33-12-6-16-40-18-15-35(22,25)37(33,40)48-28(44)20-33/h5,7-8,11,13,19,25-26,42,45H,6,9-10,12,14-18,20H2,1-4H3/t25-,26?,33-,34-,35-,36+,37+/m1/s1. The number of methoxy groups -OCH3 is 2. The number of anilines is 2. The predicted molar refractivity (Wildman–Crippen MR) is 175 cm³/mol. The molecule has 2 aromatic rings. The highest BCUT2D eigenvalue weighted by Crippen LogP contribution is 2.74. The number of ether oxygens (including phenoxy) is 3. The van der Waals surface area contributed by atoms with Gasteiger partial charge < -0.3 is 29.3 Å². The number of carbonyl (C=O) groups is 2. The number of benzene rings is 2. The zero-order chi connectivity index (χ0) is 33.2. The molecule has 2 aromatic carbocycles. The summed E-state index contributed by atoms with van der Waals surface area (Å²) >= 11 is 0. The van der Waals surface area contributed by atoms with Gasteiger partial charge in [0.2, 0.25) is 5.91 Å². The molecule has 5 saturated heterocycles. The number of phenols is 1. The van der Waals surface area contributed by atoms with E-state index in [1.165, 1.54) is 4.90 Å². The molecule has 10 rings (SSSR count). The molecule has 48 heavy (non-hydrogen) atoms. The maximum absolute atomic E-state index is 13.9. The second kappa shape index (κ2) is 8.86. The minimum atomic E-state index is -1.72. The van der Waals surface area contributed by atoms with Crippen molar-refractivity contribution in [3.63, 3.8) is 0 Å². The number of para-hydroxylation sites is 1. The summed E-state index contributed by atoms with van der Waals surface area (Å²) in [6.07, 6.45) is 8.80. The SMILES string of the molecule is COc1c([C@@]23CCN(C)C4CCC(=O)N(c5c(O)cccc52)[C@]43O)cc2c(c1OC)N(C)[C@@H]1C=C[C@@]34CCCN5CC[C@@]21[C@]53OC(=O)C4. The van der Waals surface area contributed by atoms with Crippen molar-refractivity contribution in [2.24, 2.45) is 5.41 Å². The lowest BCUT2D eigenvalue weighted by atomic mass is 9.52. The van der Waals surface area contributed by atoms with Crippen LogP contribution in [0.3, 0.4) is 0 Å². The number of likely N-dealkylation sites (N-methyl/N-ethyl adjacent to an activating group) is 2. The average Bonchev–Trinajstić information content (AvgIpc) is 3.73. The Balaban J connectivity index is 1.33. The second-order valence-electron chi connectivity index (χ2n) is 15.4. The summed E-state index contributed by atoms with van der Waals surface area (Å²) in [7, 11) is 7.36. The Labute approximate surface area is 279 Å². The van der Waals surface area contributed by atoms with E-state index in [9.17, 15) is 19.8 Å². The molecule has 0 aromatic heterocycles.